The van der Waals surface area contributed by atoms with Crippen LogP contribution in [0.25, 0.3) is 0 Å². The van der Waals surface area contributed by atoms with E-state index < -0.39 is 0 Å². The average molecular weight is 408 g/mol. The predicted octanol–water partition coefficient (Wildman–Crippen LogP) is 3.11. The first-order valence-electron chi connectivity index (χ1n) is 10.6. The third-order valence-electron chi connectivity index (χ3n) is 5.80. The molecule has 2 unspecified atom stereocenters. The first-order valence-corrected chi connectivity index (χ1v) is 10.6. The fourth-order valence-corrected chi connectivity index (χ4v) is 3.78. The van der Waals surface area contributed by atoms with E-state index in [1.807, 2.05) is 30.3 Å². The lowest BCUT2D eigenvalue weighted by Gasteiger charge is -2.31. The van der Waals surface area contributed by atoms with Crippen molar-refractivity contribution < 1.29 is 14.1 Å². The van der Waals surface area contributed by atoms with Crippen LogP contribution < -0.4 is 10.6 Å². The molecule has 1 amide bonds. The van der Waals surface area contributed by atoms with Gasteiger partial charge in [-0.05, 0) is 31.4 Å². The number of ether oxygens (including phenoxy) is 1. The zero-order valence-electron chi connectivity index (χ0n) is 17.6. The van der Waals surface area contributed by atoms with Gasteiger partial charge in [0.25, 0.3) is 5.91 Å². The number of aromatic nitrogens is 1. The highest BCUT2D eigenvalue weighted by Gasteiger charge is 2.37. The Balaban J connectivity index is 1.21. The maximum absolute atomic E-state index is 12.5. The van der Waals surface area contributed by atoms with Crippen molar-refractivity contribution in [3.05, 3.63) is 53.4 Å². The van der Waals surface area contributed by atoms with Crippen molar-refractivity contribution in [3.8, 4) is 11.8 Å². The summed E-state index contributed by atoms with van der Waals surface area (Å²) in [6.07, 6.45) is 3.10. The van der Waals surface area contributed by atoms with Gasteiger partial charge < -0.3 is 19.9 Å². The molecule has 6 nitrogen and oxygen atoms in total. The van der Waals surface area contributed by atoms with Crippen LogP contribution in [0.3, 0.4) is 0 Å². The van der Waals surface area contributed by atoms with Gasteiger partial charge >= 0.3 is 0 Å². The molecule has 1 aromatic carbocycles. The summed E-state index contributed by atoms with van der Waals surface area (Å²) < 4.78 is 11.1. The molecule has 0 radical (unpaired) electrons. The fourth-order valence-electron chi connectivity index (χ4n) is 3.78. The second kappa shape index (κ2) is 9.03. The van der Waals surface area contributed by atoms with E-state index in [1.54, 1.807) is 6.07 Å². The maximum Gasteiger partial charge on any atom is 0.273 e. The zero-order valence-corrected chi connectivity index (χ0v) is 17.6. The van der Waals surface area contributed by atoms with Crippen LogP contribution in [0.5, 0.6) is 0 Å². The largest absolute Gasteiger partial charge is 0.368 e. The summed E-state index contributed by atoms with van der Waals surface area (Å²) in [5.74, 6) is 7.29. The third-order valence-corrected chi connectivity index (χ3v) is 5.80. The van der Waals surface area contributed by atoms with E-state index in [4.69, 9.17) is 9.26 Å². The molecule has 2 heterocycles. The van der Waals surface area contributed by atoms with Gasteiger partial charge in [0.2, 0.25) is 0 Å². The lowest BCUT2D eigenvalue weighted by molar-refractivity contribution is 0.0621. The van der Waals surface area contributed by atoms with E-state index >= 15 is 0 Å². The molecule has 2 fully saturated rings. The molecule has 1 aliphatic carbocycles. The van der Waals surface area contributed by atoms with E-state index in [1.165, 1.54) is 0 Å². The quantitative estimate of drug-likeness (QED) is 0.545. The Morgan fingerprint density at radius 1 is 1.33 bits per heavy atom. The minimum Gasteiger partial charge on any atom is -0.368 e. The van der Waals surface area contributed by atoms with Crippen molar-refractivity contribution in [1.29, 1.82) is 0 Å². The number of nitrogens with zero attached hydrogens (tertiary/aromatic N) is 1. The minimum absolute atomic E-state index is 0.0685. The van der Waals surface area contributed by atoms with Crippen LogP contribution in [0.1, 0.15) is 60.8 Å². The molecular weight excluding hydrogens is 378 g/mol. The summed E-state index contributed by atoms with van der Waals surface area (Å²) in [5, 5.41) is 10.5. The van der Waals surface area contributed by atoms with Crippen LogP contribution in [0.15, 0.2) is 40.9 Å². The number of amides is 1. The Kier molecular flexibility index (Phi) is 6.21. The first-order chi connectivity index (χ1) is 14.5. The molecule has 2 aliphatic rings. The van der Waals surface area contributed by atoms with Crippen LogP contribution in [0, 0.1) is 17.3 Å². The smallest absolute Gasteiger partial charge is 0.273 e. The van der Waals surface area contributed by atoms with Crippen molar-refractivity contribution >= 4 is 5.91 Å². The van der Waals surface area contributed by atoms with E-state index in [-0.39, 0.29) is 23.4 Å². The summed E-state index contributed by atoms with van der Waals surface area (Å²) in [4.78, 5) is 12.5. The number of hydrogen-bond acceptors (Lipinski definition) is 5. The highest BCUT2D eigenvalue weighted by atomic mass is 16.5. The Morgan fingerprint density at radius 2 is 2.13 bits per heavy atom. The molecule has 158 valence electrons. The number of carbonyl (C=O) groups excluding carboxylic acids is 1. The molecule has 30 heavy (non-hydrogen) atoms. The van der Waals surface area contributed by atoms with Gasteiger partial charge in [0.15, 0.2) is 5.69 Å². The Bertz CT molecular complexity index is 922. The zero-order chi connectivity index (χ0) is 21.0. The molecule has 0 bridgehead atoms. The second-order valence-corrected chi connectivity index (χ2v) is 8.90. The van der Waals surface area contributed by atoms with Gasteiger partial charge in [0.05, 0.1) is 6.61 Å². The van der Waals surface area contributed by atoms with Crippen LogP contribution in [0.4, 0.5) is 0 Å². The van der Waals surface area contributed by atoms with Gasteiger partial charge in [-0.2, -0.15) is 0 Å². The first kappa shape index (κ1) is 20.6. The Hall–Kier alpha value is -2.62. The monoisotopic (exact) mass is 407 g/mol. The molecule has 4 rings (SSSR count). The molecule has 1 saturated carbocycles. The summed E-state index contributed by atoms with van der Waals surface area (Å²) in [6, 6.07) is 12.0. The summed E-state index contributed by atoms with van der Waals surface area (Å²) in [6.45, 7) is 6.10. The van der Waals surface area contributed by atoms with E-state index in [0.717, 1.165) is 37.1 Å². The average Bonchev–Trinajstić information content (AvgIpc) is 3.26. The van der Waals surface area contributed by atoms with Crippen molar-refractivity contribution in [2.75, 3.05) is 19.8 Å². The van der Waals surface area contributed by atoms with Gasteiger partial charge in [-0.1, -0.05) is 49.0 Å². The fraction of sp³-hybridized carbons (Fsp3) is 0.500. The molecule has 2 N–H and O–H groups in total. The van der Waals surface area contributed by atoms with Gasteiger partial charge in [-0.3, -0.25) is 4.79 Å². The number of nitrogens with one attached hydrogen (secondary N) is 2. The molecule has 2 atom stereocenters. The van der Waals surface area contributed by atoms with Crippen LogP contribution >= 0.6 is 0 Å². The SMILES string of the molecule is CC(C)(COCC#Cc1ccccc1)C1CC(NC(=O)c2cc(C3CC3)on2)CN1. The van der Waals surface area contributed by atoms with Gasteiger partial charge in [0, 0.05) is 41.6 Å². The van der Waals surface area contributed by atoms with E-state index in [2.05, 4.69) is 41.5 Å². The van der Waals surface area contributed by atoms with Gasteiger partial charge in [-0.15, -0.1) is 0 Å². The summed E-state index contributed by atoms with van der Waals surface area (Å²) >= 11 is 0. The van der Waals surface area contributed by atoms with Gasteiger partial charge in [0.1, 0.15) is 12.4 Å². The second-order valence-electron chi connectivity index (χ2n) is 8.90. The molecular formula is C24H29N3O3. The molecule has 0 spiro atoms. The van der Waals surface area contributed by atoms with Crippen molar-refractivity contribution in [1.82, 2.24) is 15.8 Å². The van der Waals surface area contributed by atoms with E-state index in [0.29, 0.717) is 24.8 Å². The van der Waals surface area contributed by atoms with Crippen LogP contribution in [-0.4, -0.2) is 42.9 Å². The lowest BCUT2D eigenvalue weighted by Crippen LogP contribution is -2.40. The number of benzene rings is 1. The van der Waals surface area contributed by atoms with Crippen molar-refractivity contribution in [3.63, 3.8) is 0 Å². The molecule has 1 saturated heterocycles. The summed E-state index contributed by atoms with van der Waals surface area (Å²) in [7, 11) is 0. The van der Waals surface area contributed by atoms with Crippen molar-refractivity contribution in [2.24, 2.45) is 5.41 Å². The van der Waals surface area contributed by atoms with Gasteiger partial charge in [-0.25, -0.2) is 0 Å². The van der Waals surface area contributed by atoms with Crippen molar-refractivity contribution in [2.45, 2.75) is 51.1 Å². The third kappa shape index (κ3) is 5.29. The molecule has 1 aliphatic heterocycles. The number of carbonyl (C=O) groups is 1. The summed E-state index contributed by atoms with van der Waals surface area (Å²) in [5.41, 5.74) is 1.30. The number of hydrogen-bond donors (Lipinski definition) is 2. The molecule has 6 heteroatoms. The van der Waals surface area contributed by atoms with E-state index in [9.17, 15) is 4.79 Å². The highest BCUT2D eigenvalue weighted by Crippen LogP contribution is 2.40. The number of rotatable bonds is 7. The maximum atomic E-state index is 12.5. The molecule has 2 aromatic rings. The standard InChI is InChI=1S/C24H29N3O3/c1-24(2,16-29-12-6-9-17-7-4-3-5-8-17)22-13-19(15-25-22)26-23(28)20-14-21(30-27-20)18-10-11-18/h3-5,7-8,14,18-19,22,25H,10-13,15-16H2,1-2H3,(H,26,28). The van der Waals surface area contributed by atoms with Crippen LogP contribution in [0.2, 0.25) is 0 Å². The predicted molar refractivity (Wildman–Crippen MR) is 114 cm³/mol. The minimum atomic E-state index is -0.164. The highest BCUT2D eigenvalue weighted by molar-refractivity contribution is 5.92. The Morgan fingerprint density at radius 3 is 2.90 bits per heavy atom. The topological polar surface area (TPSA) is 76.4 Å². The molecule has 1 aromatic heterocycles. The normalized spacial score (nSPS) is 21.1. The van der Waals surface area contributed by atoms with Crippen LogP contribution in [-0.2, 0) is 4.74 Å². The lowest BCUT2D eigenvalue weighted by atomic mass is 9.84. The Labute approximate surface area is 177 Å².